The maximum atomic E-state index is 6.22. The summed E-state index contributed by atoms with van der Waals surface area (Å²) in [6.07, 6.45) is 0. The first-order valence-corrected chi connectivity index (χ1v) is 40.2. The van der Waals surface area contributed by atoms with Crippen LogP contribution in [0.3, 0.4) is 0 Å². The summed E-state index contributed by atoms with van der Waals surface area (Å²) in [4.78, 5) is 4.65. The van der Waals surface area contributed by atoms with Crippen LogP contribution in [0.4, 0.5) is 34.1 Å². The van der Waals surface area contributed by atoms with Crippen molar-refractivity contribution in [3.8, 4) is 83.6 Å². The molecule has 3 heterocycles. The highest BCUT2D eigenvalue weighted by molar-refractivity contribution is 9.10. The number of rotatable bonds is 14. The van der Waals surface area contributed by atoms with E-state index in [1.165, 1.54) is 88.4 Å². The van der Waals surface area contributed by atoms with Crippen LogP contribution in [0.1, 0.15) is 1.43 Å². The molecule has 0 bridgehead atoms. The van der Waals surface area contributed by atoms with Crippen LogP contribution in [0.25, 0.3) is 149 Å². The van der Waals surface area contributed by atoms with Crippen LogP contribution in [-0.4, -0.2) is 4.57 Å². The van der Waals surface area contributed by atoms with Crippen LogP contribution in [0.2, 0.25) is 0 Å². The van der Waals surface area contributed by atoms with Gasteiger partial charge in [0.2, 0.25) is 0 Å². The van der Waals surface area contributed by atoms with Crippen molar-refractivity contribution >= 4 is 132 Å². The molecule has 115 heavy (non-hydrogen) atoms. The number of nitrogens with zero attached hydrogens (tertiary/aromatic N) is 3. The quantitative estimate of drug-likeness (QED) is 0.109. The first-order chi connectivity index (χ1) is 56.8. The summed E-state index contributed by atoms with van der Waals surface area (Å²) in [7, 11) is 0. The zero-order valence-corrected chi connectivity index (χ0v) is 65.7. The first kappa shape index (κ1) is 71.2. The van der Waals surface area contributed by atoms with E-state index in [-0.39, 0.29) is 1.43 Å². The summed E-state index contributed by atoms with van der Waals surface area (Å²) in [6.45, 7) is 0. The number of hydrogen-bond acceptors (Lipinski definition) is 4. The molecule has 0 N–H and O–H groups in total. The largest absolute Gasteiger partial charge is 0.456 e. The van der Waals surface area contributed by atoms with Gasteiger partial charge in [-0.3, -0.25) is 0 Å². The minimum absolute atomic E-state index is 0. The lowest BCUT2D eigenvalue weighted by Gasteiger charge is -2.26. The number of hydrogen-bond donors (Lipinski definition) is 0. The molecule has 0 fully saturated rings. The fourth-order valence-corrected chi connectivity index (χ4v) is 16.6. The van der Waals surface area contributed by atoms with Gasteiger partial charge >= 0.3 is 0 Å². The summed E-state index contributed by atoms with van der Waals surface area (Å²) in [5, 5.41) is 7.04. The van der Waals surface area contributed by atoms with Crippen molar-refractivity contribution in [2.75, 3.05) is 9.80 Å². The van der Waals surface area contributed by atoms with E-state index in [1.807, 2.05) is 42.5 Å². The van der Waals surface area contributed by atoms with Gasteiger partial charge in [-0.25, -0.2) is 0 Å². The molecular weight excluding hydrogens is 1530 g/mol. The van der Waals surface area contributed by atoms with Crippen LogP contribution in [0.5, 0.6) is 0 Å². The third-order valence-electron chi connectivity index (χ3n) is 21.5. The number of furan rings is 2. The molecule has 0 spiro atoms. The summed E-state index contributed by atoms with van der Waals surface area (Å²) in [5.41, 5.74) is 30.5. The van der Waals surface area contributed by atoms with Crippen LogP contribution in [0.15, 0.2) is 461 Å². The third kappa shape index (κ3) is 14.7. The fraction of sp³-hybridized carbons (Fsp3) is 0. The Hall–Kier alpha value is -14.1. The van der Waals surface area contributed by atoms with Crippen LogP contribution in [-0.2, 0) is 0 Å². The fourth-order valence-electron chi connectivity index (χ4n) is 15.8. The van der Waals surface area contributed by atoms with E-state index in [2.05, 4.69) is 447 Å². The average Bonchev–Trinajstić information content (AvgIpc) is 1.57. The molecular formula is C108H75Br2N3O2. The van der Waals surface area contributed by atoms with Gasteiger partial charge in [-0.15, -0.1) is 0 Å². The Labute approximate surface area is 686 Å². The second-order valence-corrected chi connectivity index (χ2v) is 30.4. The molecule has 3 aromatic heterocycles. The van der Waals surface area contributed by atoms with Crippen molar-refractivity contribution in [3.05, 3.63) is 452 Å². The number of aromatic nitrogens is 1. The van der Waals surface area contributed by atoms with E-state index < -0.39 is 0 Å². The van der Waals surface area contributed by atoms with Crippen molar-refractivity contribution in [2.45, 2.75) is 0 Å². The molecule has 0 radical (unpaired) electrons. The van der Waals surface area contributed by atoms with Gasteiger partial charge in [-0.2, -0.15) is 0 Å². The average molecular weight is 1610 g/mol. The maximum absolute atomic E-state index is 6.22. The van der Waals surface area contributed by atoms with Crippen molar-refractivity contribution in [2.24, 2.45) is 0 Å². The number of fused-ring (bicyclic) bond motifs is 9. The molecule has 0 saturated carbocycles. The maximum Gasteiger partial charge on any atom is 0.135 e. The standard InChI is InChI=1S/C60H40N2O.C36H26BrN.C12H7BrO.H2/c1-3-13-41(14-4-1)43-25-32-48(33-26-43)61(49-34-27-44(28-35-49)42-15-5-2-6-16-42)50-36-29-45(30-37-50)46-17-11-18-51(39-46)62-57-23-9-7-19-53(57)55-22-12-21-52(60(55)62)47-31-38-59-56(40-47)54-20-8-10-24-58(54)63-59;37-33-13-7-12-32(26-33)31-18-24-36(25-19-31)38(34-20-14-29(15-21-34)27-8-3-1-4-9-27)35-22-16-30(17-23-35)28-10-5-2-6-11-28;13-8-5-6-12-10(7-8)9-3-1-2-4-11(9)14-12;/h1-40H;1-26H;1-7H;1H/i;;;1+1. The highest BCUT2D eigenvalue weighted by Crippen LogP contribution is 2.44. The summed E-state index contributed by atoms with van der Waals surface area (Å²) < 4.78 is 16.5. The molecule has 0 aliphatic rings. The van der Waals surface area contributed by atoms with Gasteiger partial charge in [0.15, 0.2) is 0 Å². The Bertz CT molecular complexity index is 6830. The highest BCUT2D eigenvalue weighted by Gasteiger charge is 2.21. The van der Waals surface area contributed by atoms with E-state index in [0.29, 0.717) is 0 Å². The van der Waals surface area contributed by atoms with Gasteiger partial charge in [0.05, 0.1) is 11.0 Å². The number of benzene rings is 18. The minimum Gasteiger partial charge on any atom is -0.456 e. The van der Waals surface area contributed by atoms with Crippen LogP contribution >= 0.6 is 31.9 Å². The van der Waals surface area contributed by atoms with Gasteiger partial charge in [-0.05, 0) is 218 Å². The van der Waals surface area contributed by atoms with Gasteiger partial charge < -0.3 is 23.2 Å². The molecule has 0 amide bonds. The molecule has 21 aromatic rings. The van der Waals surface area contributed by atoms with Crippen molar-refractivity contribution < 1.29 is 10.3 Å². The Morgan fingerprint density at radius 1 is 0.200 bits per heavy atom. The molecule has 0 unspecified atom stereocenters. The normalized spacial score (nSPS) is 11.2. The lowest BCUT2D eigenvalue weighted by atomic mass is 9.99. The van der Waals surface area contributed by atoms with E-state index in [0.717, 1.165) is 104 Å². The monoisotopic (exact) mass is 1600 g/mol. The molecule has 7 heteroatoms. The predicted molar refractivity (Wildman–Crippen MR) is 493 cm³/mol. The van der Waals surface area contributed by atoms with E-state index in [4.69, 9.17) is 8.83 Å². The zero-order chi connectivity index (χ0) is 77.0. The van der Waals surface area contributed by atoms with E-state index in [1.54, 1.807) is 0 Å². The van der Waals surface area contributed by atoms with Gasteiger partial charge in [0, 0.05) is 88.1 Å². The summed E-state index contributed by atoms with van der Waals surface area (Å²) >= 11 is 7.06. The Morgan fingerprint density at radius 2 is 0.504 bits per heavy atom. The topological polar surface area (TPSA) is 37.7 Å². The number of anilines is 6. The predicted octanol–water partition coefficient (Wildman–Crippen LogP) is 32.3. The van der Waals surface area contributed by atoms with Crippen LogP contribution < -0.4 is 9.80 Å². The SMILES string of the molecule is Brc1ccc2oc3ccccc3c2c1.Brc1cccc(-c2ccc(N(c3ccc(-c4ccccc4)cc3)c3ccc(-c4ccccc4)cc3)cc2)c1.[2HH].c1ccc(-c2ccc(N(c3ccc(-c4ccccc4)cc3)c3ccc(-c4cccc(-n5c6ccccc6c6cccc(-c7ccc8oc9ccccc9c8c7)c65)c4)cc3)cc2)cc1. The molecule has 0 aliphatic heterocycles. The first-order valence-electron chi connectivity index (χ1n) is 38.6. The molecule has 21 rings (SSSR count). The molecule has 18 aromatic carbocycles. The van der Waals surface area contributed by atoms with Gasteiger partial charge in [0.1, 0.15) is 22.3 Å². The Morgan fingerprint density at radius 3 is 0.939 bits per heavy atom. The van der Waals surface area contributed by atoms with Gasteiger partial charge in [-0.1, -0.05) is 329 Å². The second kappa shape index (κ2) is 32.0. The minimum atomic E-state index is 0. The van der Waals surface area contributed by atoms with E-state index in [9.17, 15) is 0 Å². The Kier molecular flexibility index (Phi) is 19.8. The second-order valence-electron chi connectivity index (χ2n) is 28.6. The number of para-hydroxylation sites is 4. The molecule has 0 saturated heterocycles. The van der Waals surface area contributed by atoms with E-state index >= 15 is 0 Å². The van der Waals surface area contributed by atoms with Gasteiger partial charge in [0.25, 0.3) is 0 Å². The Balaban J connectivity index is 0.000000147. The van der Waals surface area contributed by atoms with Crippen molar-refractivity contribution in [1.82, 2.24) is 4.57 Å². The number of halogens is 2. The zero-order valence-electron chi connectivity index (χ0n) is 62.6. The smallest absolute Gasteiger partial charge is 0.135 e. The summed E-state index contributed by atoms with van der Waals surface area (Å²) in [5.74, 6) is 0. The summed E-state index contributed by atoms with van der Waals surface area (Å²) in [6, 6.07) is 157. The molecule has 5 nitrogen and oxygen atoms in total. The highest BCUT2D eigenvalue weighted by atomic mass is 79.9. The van der Waals surface area contributed by atoms with Crippen molar-refractivity contribution in [3.63, 3.8) is 0 Å². The van der Waals surface area contributed by atoms with Crippen molar-refractivity contribution in [1.29, 1.82) is 0 Å². The lowest BCUT2D eigenvalue weighted by Crippen LogP contribution is -2.09. The molecule has 548 valence electrons. The molecule has 0 atom stereocenters. The molecule has 0 aliphatic carbocycles. The van der Waals surface area contributed by atoms with Crippen LogP contribution in [0, 0.1) is 0 Å². The lowest BCUT2D eigenvalue weighted by molar-refractivity contribution is 0.668. The third-order valence-corrected chi connectivity index (χ3v) is 22.5.